The van der Waals surface area contributed by atoms with Crippen LogP contribution in [-0.2, 0) is 9.84 Å². The summed E-state index contributed by atoms with van der Waals surface area (Å²) in [5.41, 5.74) is 4.71. The van der Waals surface area contributed by atoms with Crippen LogP contribution in [0.2, 0.25) is 0 Å². The van der Waals surface area contributed by atoms with Crippen LogP contribution < -0.4 is 0 Å². The molecule has 24 heavy (non-hydrogen) atoms. The van der Waals surface area contributed by atoms with Gasteiger partial charge in [0.2, 0.25) is 0 Å². The number of hydrogen-bond donors (Lipinski definition) is 0. The zero-order valence-electron chi connectivity index (χ0n) is 13.0. The van der Waals surface area contributed by atoms with Crippen LogP contribution in [0.3, 0.4) is 0 Å². The topological polar surface area (TPSA) is 34.1 Å². The third kappa shape index (κ3) is 3.31. The van der Waals surface area contributed by atoms with Gasteiger partial charge in [-0.3, -0.25) is 0 Å². The van der Waals surface area contributed by atoms with Gasteiger partial charge in [-0.2, -0.15) is 11.3 Å². The Morgan fingerprint density at radius 2 is 1.58 bits per heavy atom. The van der Waals surface area contributed by atoms with Crippen molar-refractivity contribution in [1.82, 2.24) is 0 Å². The van der Waals surface area contributed by atoms with Gasteiger partial charge in [0.25, 0.3) is 0 Å². The number of halogens is 2. The van der Waals surface area contributed by atoms with Gasteiger partial charge < -0.3 is 0 Å². The van der Waals surface area contributed by atoms with Crippen LogP contribution in [0.4, 0.5) is 4.39 Å². The Balaban J connectivity index is 2.11. The van der Waals surface area contributed by atoms with Crippen LogP contribution in [0.5, 0.6) is 0 Å². The first-order valence-electron chi connectivity index (χ1n) is 7.10. The molecule has 1 heterocycles. The van der Waals surface area contributed by atoms with E-state index in [4.69, 9.17) is 0 Å². The third-order valence-corrected chi connectivity index (χ3v) is 6.54. The first-order chi connectivity index (χ1) is 11.3. The minimum atomic E-state index is -3.57. The lowest BCUT2D eigenvalue weighted by Gasteiger charge is -2.08. The quantitative estimate of drug-likeness (QED) is 0.540. The van der Waals surface area contributed by atoms with E-state index in [1.807, 2.05) is 29.8 Å². The summed E-state index contributed by atoms with van der Waals surface area (Å²) in [7, 11) is -3.57. The van der Waals surface area contributed by atoms with Crippen molar-refractivity contribution in [1.29, 1.82) is 0 Å². The summed E-state index contributed by atoms with van der Waals surface area (Å²) in [5, 5.41) is 3.96. The summed E-state index contributed by atoms with van der Waals surface area (Å²) in [6.45, 7) is 2.01. The lowest BCUT2D eigenvalue weighted by atomic mass is 9.98. The van der Waals surface area contributed by atoms with Crippen LogP contribution >= 0.6 is 27.3 Å². The average molecular weight is 425 g/mol. The second-order valence-corrected chi connectivity index (χ2v) is 9.16. The van der Waals surface area contributed by atoms with Gasteiger partial charge in [-0.05, 0) is 52.6 Å². The molecule has 0 saturated carbocycles. The van der Waals surface area contributed by atoms with Crippen molar-refractivity contribution in [2.24, 2.45) is 0 Å². The summed E-state index contributed by atoms with van der Waals surface area (Å²) in [4.78, 5) is -0.275. The highest BCUT2D eigenvalue weighted by Crippen LogP contribution is 2.37. The Morgan fingerprint density at radius 3 is 2.12 bits per heavy atom. The van der Waals surface area contributed by atoms with Crippen LogP contribution in [0, 0.1) is 12.7 Å². The van der Waals surface area contributed by atoms with E-state index in [0.717, 1.165) is 33.0 Å². The van der Waals surface area contributed by atoms with Crippen molar-refractivity contribution in [3.63, 3.8) is 0 Å². The van der Waals surface area contributed by atoms with Crippen LogP contribution in [0.25, 0.3) is 22.3 Å². The van der Waals surface area contributed by atoms with E-state index in [0.29, 0.717) is 5.56 Å². The normalized spacial score (nSPS) is 11.7. The Labute approximate surface area is 153 Å². The maximum Gasteiger partial charge on any atom is 0.178 e. The van der Waals surface area contributed by atoms with Crippen molar-refractivity contribution in [2.75, 3.05) is 6.26 Å². The summed E-state index contributed by atoms with van der Waals surface area (Å²) >= 11 is 5.02. The fourth-order valence-corrected chi connectivity index (χ4v) is 4.37. The number of thiophene rings is 1. The minimum absolute atomic E-state index is 0.275. The highest BCUT2D eigenvalue weighted by Gasteiger charge is 2.16. The van der Waals surface area contributed by atoms with E-state index in [-0.39, 0.29) is 4.90 Å². The van der Waals surface area contributed by atoms with Gasteiger partial charge >= 0.3 is 0 Å². The van der Waals surface area contributed by atoms with Gasteiger partial charge in [0.05, 0.1) is 0 Å². The SMILES string of the molecule is Cc1cc(-c2cscc2-c2ccc(S(C)(=O)=O)c(F)c2)ccc1Br. The van der Waals surface area contributed by atoms with Crippen molar-refractivity contribution in [3.05, 3.63) is 63.0 Å². The predicted octanol–water partition coefficient (Wildman–Crippen LogP) is 5.70. The van der Waals surface area contributed by atoms with E-state index in [9.17, 15) is 12.8 Å². The number of rotatable bonds is 3. The second-order valence-electron chi connectivity index (χ2n) is 5.58. The van der Waals surface area contributed by atoms with E-state index < -0.39 is 15.7 Å². The smallest absolute Gasteiger partial charge is 0.178 e. The number of benzene rings is 2. The molecule has 0 aliphatic rings. The van der Waals surface area contributed by atoms with Gasteiger partial charge in [-0.25, -0.2) is 12.8 Å². The minimum Gasteiger partial charge on any atom is -0.224 e. The molecular weight excluding hydrogens is 411 g/mol. The average Bonchev–Trinajstić information content (AvgIpc) is 2.98. The van der Waals surface area contributed by atoms with Gasteiger partial charge in [-0.15, -0.1) is 0 Å². The van der Waals surface area contributed by atoms with Crippen LogP contribution in [-0.4, -0.2) is 14.7 Å². The first-order valence-corrected chi connectivity index (χ1v) is 10.7. The summed E-state index contributed by atoms with van der Waals surface area (Å²) in [6.07, 6.45) is 1.01. The van der Waals surface area contributed by atoms with Crippen molar-refractivity contribution < 1.29 is 12.8 Å². The van der Waals surface area contributed by atoms with Gasteiger partial charge in [0, 0.05) is 21.9 Å². The number of sulfone groups is 1. The van der Waals surface area contributed by atoms with Crippen LogP contribution in [0.15, 0.2) is 56.5 Å². The summed E-state index contributed by atoms with van der Waals surface area (Å²) in [5.74, 6) is -0.723. The molecule has 0 fully saturated rings. The molecule has 0 N–H and O–H groups in total. The molecule has 0 bridgehead atoms. The maximum absolute atomic E-state index is 14.2. The molecule has 2 nitrogen and oxygen atoms in total. The van der Waals surface area contributed by atoms with E-state index in [1.54, 1.807) is 6.07 Å². The standard InChI is InChI=1S/C18H14BrFO2S2/c1-11-7-12(3-5-16(11)19)14-9-23-10-15(14)13-4-6-18(17(20)8-13)24(2,21)22/h3-10H,1-2H3. The van der Waals surface area contributed by atoms with Crippen LogP contribution in [0.1, 0.15) is 5.56 Å². The van der Waals surface area contributed by atoms with E-state index in [2.05, 4.69) is 22.0 Å². The fourth-order valence-electron chi connectivity index (χ4n) is 2.53. The summed E-state index contributed by atoms with van der Waals surface area (Å²) < 4.78 is 38.4. The molecule has 0 saturated heterocycles. The number of hydrogen-bond acceptors (Lipinski definition) is 3. The second kappa shape index (κ2) is 6.43. The molecule has 1 aromatic heterocycles. The molecule has 0 aliphatic carbocycles. The molecule has 6 heteroatoms. The Kier molecular flexibility index (Phi) is 4.64. The monoisotopic (exact) mass is 424 g/mol. The van der Waals surface area contributed by atoms with Crippen molar-refractivity contribution >= 4 is 37.1 Å². The molecule has 0 spiro atoms. The Hall–Kier alpha value is -1.50. The highest BCUT2D eigenvalue weighted by atomic mass is 79.9. The van der Waals surface area contributed by atoms with Crippen molar-refractivity contribution in [3.8, 4) is 22.3 Å². The molecule has 3 aromatic rings. The zero-order chi connectivity index (χ0) is 17.5. The Bertz CT molecular complexity index is 1020. The lowest BCUT2D eigenvalue weighted by molar-refractivity contribution is 0.571. The first kappa shape index (κ1) is 17.3. The highest BCUT2D eigenvalue weighted by molar-refractivity contribution is 9.10. The zero-order valence-corrected chi connectivity index (χ0v) is 16.2. The maximum atomic E-state index is 14.2. The molecule has 0 aliphatic heterocycles. The van der Waals surface area contributed by atoms with E-state index in [1.165, 1.54) is 23.5 Å². The van der Waals surface area contributed by atoms with Gasteiger partial charge in [-0.1, -0.05) is 34.1 Å². The molecule has 124 valence electrons. The molecule has 0 radical (unpaired) electrons. The predicted molar refractivity (Wildman–Crippen MR) is 101 cm³/mol. The molecule has 0 atom stereocenters. The Morgan fingerprint density at radius 1 is 1.00 bits per heavy atom. The molecule has 3 rings (SSSR count). The largest absolute Gasteiger partial charge is 0.224 e. The molecule has 0 unspecified atom stereocenters. The van der Waals surface area contributed by atoms with Gasteiger partial charge in [0.15, 0.2) is 9.84 Å². The van der Waals surface area contributed by atoms with Gasteiger partial charge in [0.1, 0.15) is 10.7 Å². The molecule has 2 aromatic carbocycles. The summed E-state index contributed by atoms with van der Waals surface area (Å²) in [6, 6.07) is 10.3. The lowest BCUT2D eigenvalue weighted by Crippen LogP contribution is -2.00. The molecule has 0 amide bonds. The molecular formula is C18H14BrFO2S2. The fraction of sp³-hybridized carbons (Fsp3) is 0.111. The van der Waals surface area contributed by atoms with Crippen molar-refractivity contribution in [2.45, 2.75) is 11.8 Å². The number of aryl methyl sites for hydroxylation is 1. The van der Waals surface area contributed by atoms with E-state index >= 15 is 0 Å². The third-order valence-electron chi connectivity index (χ3n) is 3.77.